The van der Waals surface area contributed by atoms with E-state index in [1.54, 1.807) is 0 Å². The monoisotopic (exact) mass is 387 g/mol. The maximum Gasteiger partial charge on any atom is 0.453 e. The molecule has 0 atom stereocenters. The highest BCUT2D eigenvalue weighted by molar-refractivity contribution is 7.89. The van der Waals surface area contributed by atoms with Crippen molar-refractivity contribution in [2.45, 2.75) is 11.1 Å². The van der Waals surface area contributed by atoms with Crippen molar-refractivity contribution in [2.24, 2.45) is 5.14 Å². The standard InChI is InChI=1S/C15H9F4N3O3S/c16-10-6-8(3-4-11(10)26(20,23)24)12-13(9-2-1-5-21-7-9)22-25-14(12)15(17,18)19/h1-7H,(H2,20,23,24). The largest absolute Gasteiger partial charge is 0.453 e. The van der Waals surface area contributed by atoms with Crippen molar-refractivity contribution in [2.75, 3.05) is 0 Å². The van der Waals surface area contributed by atoms with Crippen LogP contribution in [0.3, 0.4) is 0 Å². The highest BCUT2D eigenvalue weighted by Gasteiger charge is 2.41. The fourth-order valence-corrected chi connectivity index (χ4v) is 2.93. The van der Waals surface area contributed by atoms with Crippen molar-refractivity contribution in [1.29, 1.82) is 0 Å². The van der Waals surface area contributed by atoms with Crippen molar-refractivity contribution in [3.05, 3.63) is 54.3 Å². The van der Waals surface area contributed by atoms with Gasteiger partial charge in [-0.05, 0) is 29.8 Å². The topological polar surface area (TPSA) is 99.1 Å². The van der Waals surface area contributed by atoms with Crippen molar-refractivity contribution in [3.8, 4) is 22.4 Å². The van der Waals surface area contributed by atoms with Gasteiger partial charge in [0.15, 0.2) is 0 Å². The molecule has 11 heteroatoms. The quantitative estimate of drug-likeness (QED) is 0.696. The molecule has 0 bridgehead atoms. The third-order valence-corrected chi connectivity index (χ3v) is 4.36. The molecule has 0 aliphatic heterocycles. The Labute approximate surface area is 144 Å². The minimum Gasteiger partial charge on any atom is -0.350 e. The number of aromatic nitrogens is 2. The fourth-order valence-electron chi connectivity index (χ4n) is 2.34. The van der Waals surface area contributed by atoms with Crippen LogP contribution in [0.25, 0.3) is 22.4 Å². The lowest BCUT2D eigenvalue weighted by Crippen LogP contribution is -2.14. The molecule has 0 fully saturated rings. The molecule has 6 nitrogen and oxygen atoms in total. The lowest BCUT2D eigenvalue weighted by atomic mass is 9.99. The molecule has 2 heterocycles. The molecule has 2 aromatic heterocycles. The first-order valence-corrected chi connectivity index (χ1v) is 8.43. The van der Waals surface area contributed by atoms with Gasteiger partial charge in [0.25, 0.3) is 0 Å². The Kier molecular flexibility index (Phi) is 4.28. The van der Waals surface area contributed by atoms with Gasteiger partial charge in [-0.3, -0.25) is 4.98 Å². The summed E-state index contributed by atoms with van der Waals surface area (Å²) in [6.45, 7) is 0. The zero-order valence-electron chi connectivity index (χ0n) is 12.7. The van der Waals surface area contributed by atoms with Gasteiger partial charge in [-0.1, -0.05) is 11.2 Å². The molecule has 3 aromatic rings. The predicted molar refractivity (Wildman–Crippen MR) is 81.5 cm³/mol. The van der Waals surface area contributed by atoms with Crippen LogP contribution >= 0.6 is 0 Å². The average molecular weight is 387 g/mol. The summed E-state index contributed by atoms with van der Waals surface area (Å²) in [4.78, 5) is 2.96. The van der Waals surface area contributed by atoms with Crippen LogP contribution in [0.5, 0.6) is 0 Å². The minimum atomic E-state index is -4.90. The Morgan fingerprint density at radius 2 is 1.85 bits per heavy atom. The minimum absolute atomic E-state index is 0.206. The summed E-state index contributed by atoms with van der Waals surface area (Å²) in [5, 5.41) is 8.29. The Hall–Kier alpha value is -2.79. The van der Waals surface area contributed by atoms with E-state index in [1.807, 2.05) is 0 Å². The molecule has 2 N–H and O–H groups in total. The summed E-state index contributed by atoms with van der Waals surface area (Å²) >= 11 is 0. The Morgan fingerprint density at radius 3 is 2.38 bits per heavy atom. The molecule has 136 valence electrons. The van der Waals surface area contributed by atoms with Crippen molar-refractivity contribution < 1.29 is 30.5 Å². The molecular formula is C15H9F4N3O3S. The first-order chi connectivity index (χ1) is 12.1. The number of benzene rings is 1. The highest BCUT2D eigenvalue weighted by atomic mass is 32.2. The molecule has 26 heavy (non-hydrogen) atoms. The van der Waals surface area contributed by atoms with Gasteiger partial charge < -0.3 is 4.52 Å². The summed E-state index contributed by atoms with van der Waals surface area (Å²) in [7, 11) is -4.37. The number of hydrogen-bond acceptors (Lipinski definition) is 5. The Morgan fingerprint density at radius 1 is 1.12 bits per heavy atom. The van der Waals surface area contributed by atoms with Crippen LogP contribution in [-0.2, 0) is 16.2 Å². The number of sulfonamides is 1. The van der Waals surface area contributed by atoms with E-state index < -0.39 is 38.2 Å². The van der Waals surface area contributed by atoms with Crippen molar-refractivity contribution >= 4 is 10.0 Å². The Bertz CT molecular complexity index is 1060. The van der Waals surface area contributed by atoms with Crippen LogP contribution in [0.4, 0.5) is 17.6 Å². The van der Waals surface area contributed by atoms with E-state index in [1.165, 1.54) is 24.5 Å². The van der Waals surface area contributed by atoms with E-state index in [2.05, 4.69) is 14.7 Å². The molecule has 0 unspecified atom stereocenters. The van der Waals surface area contributed by atoms with Crippen LogP contribution in [0.1, 0.15) is 5.76 Å². The first kappa shape index (κ1) is 18.0. The van der Waals surface area contributed by atoms with E-state index in [4.69, 9.17) is 5.14 Å². The van der Waals surface area contributed by atoms with E-state index in [0.717, 1.165) is 12.1 Å². The summed E-state index contributed by atoms with van der Waals surface area (Å²) < 4.78 is 80.9. The maximum atomic E-state index is 14.1. The van der Waals surface area contributed by atoms with E-state index >= 15 is 0 Å². The van der Waals surface area contributed by atoms with Crippen LogP contribution in [-0.4, -0.2) is 18.6 Å². The lowest BCUT2D eigenvalue weighted by Gasteiger charge is -2.08. The SMILES string of the molecule is NS(=O)(=O)c1ccc(-c2c(-c3cccnc3)noc2C(F)(F)F)cc1F. The van der Waals surface area contributed by atoms with Gasteiger partial charge in [0.05, 0.1) is 5.56 Å². The highest BCUT2D eigenvalue weighted by Crippen LogP contribution is 2.42. The summed E-state index contributed by atoms with van der Waals surface area (Å²) in [5.74, 6) is -2.74. The number of rotatable bonds is 3. The molecule has 0 saturated heterocycles. The Balaban J connectivity index is 2.27. The molecule has 3 rings (SSSR count). The number of nitrogens with two attached hydrogens (primary N) is 1. The smallest absolute Gasteiger partial charge is 0.350 e. The molecule has 0 amide bonds. The number of pyridine rings is 1. The summed E-state index contributed by atoms with van der Waals surface area (Å²) in [5.41, 5.74) is -0.821. The fraction of sp³-hybridized carbons (Fsp3) is 0.0667. The van der Waals surface area contributed by atoms with Gasteiger partial charge in [-0.15, -0.1) is 0 Å². The van der Waals surface area contributed by atoms with Crippen LogP contribution < -0.4 is 5.14 Å². The van der Waals surface area contributed by atoms with Crippen LogP contribution in [0, 0.1) is 5.82 Å². The van der Waals surface area contributed by atoms with Gasteiger partial charge in [0.1, 0.15) is 16.4 Å². The zero-order valence-corrected chi connectivity index (χ0v) is 13.5. The number of alkyl halides is 3. The molecule has 0 saturated carbocycles. The lowest BCUT2D eigenvalue weighted by molar-refractivity contribution is -0.154. The second kappa shape index (κ2) is 6.18. The third-order valence-electron chi connectivity index (χ3n) is 3.41. The second-order valence-corrected chi connectivity index (χ2v) is 6.69. The van der Waals surface area contributed by atoms with Crippen LogP contribution in [0.2, 0.25) is 0 Å². The van der Waals surface area contributed by atoms with Gasteiger partial charge in [-0.2, -0.15) is 13.2 Å². The van der Waals surface area contributed by atoms with Crippen molar-refractivity contribution in [3.63, 3.8) is 0 Å². The first-order valence-electron chi connectivity index (χ1n) is 6.89. The maximum absolute atomic E-state index is 14.1. The molecule has 0 aliphatic rings. The third kappa shape index (κ3) is 3.30. The summed E-state index contributed by atoms with van der Waals surface area (Å²) in [6.07, 6.45) is -2.23. The number of nitrogens with zero attached hydrogens (tertiary/aromatic N) is 2. The van der Waals surface area contributed by atoms with E-state index in [0.29, 0.717) is 6.07 Å². The summed E-state index contributed by atoms with van der Waals surface area (Å²) in [6, 6.07) is 5.32. The molecule has 0 aliphatic carbocycles. The van der Waals surface area contributed by atoms with E-state index in [-0.39, 0.29) is 16.8 Å². The van der Waals surface area contributed by atoms with Gasteiger partial charge >= 0.3 is 6.18 Å². The molecule has 0 spiro atoms. The van der Waals surface area contributed by atoms with Gasteiger partial charge in [0.2, 0.25) is 15.8 Å². The second-order valence-electron chi connectivity index (χ2n) is 5.16. The average Bonchev–Trinajstić information content (AvgIpc) is 2.99. The molecular weight excluding hydrogens is 378 g/mol. The molecule has 1 aromatic carbocycles. The molecule has 0 radical (unpaired) electrons. The number of hydrogen-bond donors (Lipinski definition) is 1. The van der Waals surface area contributed by atoms with E-state index in [9.17, 15) is 26.0 Å². The predicted octanol–water partition coefficient (Wildman–Crippen LogP) is 3.21. The normalized spacial score (nSPS) is 12.3. The number of primary sulfonamides is 1. The van der Waals surface area contributed by atoms with Gasteiger partial charge in [-0.25, -0.2) is 17.9 Å². The van der Waals surface area contributed by atoms with Gasteiger partial charge in [0, 0.05) is 18.0 Å². The van der Waals surface area contributed by atoms with Crippen molar-refractivity contribution in [1.82, 2.24) is 10.1 Å². The van der Waals surface area contributed by atoms with Crippen LogP contribution in [0.15, 0.2) is 52.1 Å². The zero-order chi connectivity index (χ0) is 19.1. The number of halogens is 4.